The zero-order chi connectivity index (χ0) is 14.0. The molecule has 1 N–H and O–H groups in total. The van der Waals surface area contributed by atoms with Crippen LogP contribution >= 0.6 is 0 Å². The van der Waals surface area contributed by atoms with Gasteiger partial charge in [-0.15, -0.1) is 0 Å². The maximum absolute atomic E-state index is 5.76. The van der Waals surface area contributed by atoms with Gasteiger partial charge >= 0.3 is 0 Å². The molecule has 1 aromatic heterocycles. The van der Waals surface area contributed by atoms with E-state index in [0.717, 1.165) is 18.8 Å². The van der Waals surface area contributed by atoms with Crippen molar-refractivity contribution in [3.63, 3.8) is 0 Å². The molecule has 1 fully saturated rings. The molecule has 2 rings (SSSR count). The molecule has 0 saturated carbocycles. The molecule has 0 amide bonds. The Kier molecular flexibility index (Phi) is 4.63. The first-order valence-electron chi connectivity index (χ1n) is 7.46. The highest BCUT2D eigenvalue weighted by Gasteiger charge is 2.25. The van der Waals surface area contributed by atoms with Crippen LogP contribution in [-0.4, -0.2) is 28.5 Å². The molecule has 0 bridgehead atoms. The first-order valence-corrected chi connectivity index (χ1v) is 7.46. The summed E-state index contributed by atoms with van der Waals surface area (Å²) in [5.74, 6) is 0. The molecule has 1 aromatic rings. The first kappa shape index (κ1) is 14.5. The van der Waals surface area contributed by atoms with Crippen LogP contribution in [0.1, 0.15) is 56.6 Å². The molecule has 0 aromatic carbocycles. The fraction of sp³-hybridized carbons (Fsp3) is 0.800. The van der Waals surface area contributed by atoms with Crippen LogP contribution in [-0.2, 0) is 11.3 Å². The van der Waals surface area contributed by atoms with Gasteiger partial charge in [-0.3, -0.25) is 4.68 Å². The zero-order valence-electron chi connectivity index (χ0n) is 12.9. The quantitative estimate of drug-likeness (QED) is 0.889. The lowest BCUT2D eigenvalue weighted by Gasteiger charge is -2.25. The summed E-state index contributed by atoms with van der Waals surface area (Å²) < 4.78 is 7.84. The summed E-state index contributed by atoms with van der Waals surface area (Å²) in [6, 6.07) is 0.709. The van der Waals surface area contributed by atoms with E-state index in [0.29, 0.717) is 18.2 Å². The van der Waals surface area contributed by atoms with Gasteiger partial charge in [0.1, 0.15) is 0 Å². The Hall–Kier alpha value is -0.870. The minimum absolute atomic E-state index is 0.319. The number of hydrogen-bond donors (Lipinski definition) is 1. The van der Waals surface area contributed by atoms with Crippen molar-refractivity contribution in [1.29, 1.82) is 0 Å². The molecule has 2 heterocycles. The third-order valence-electron chi connectivity index (χ3n) is 4.21. The van der Waals surface area contributed by atoms with Gasteiger partial charge in [-0.2, -0.15) is 5.10 Å². The third kappa shape index (κ3) is 3.00. The van der Waals surface area contributed by atoms with Crippen molar-refractivity contribution in [1.82, 2.24) is 15.1 Å². The van der Waals surface area contributed by atoms with Gasteiger partial charge in [0.2, 0.25) is 0 Å². The summed E-state index contributed by atoms with van der Waals surface area (Å²) in [6.45, 7) is 12.7. The van der Waals surface area contributed by atoms with Crippen LogP contribution in [0.25, 0.3) is 0 Å². The predicted molar refractivity (Wildman–Crippen MR) is 77.4 cm³/mol. The molecule has 1 aliphatic rings. The molecule has 4 heteroatoms. The van der Waals surface area contributed by atoms with Crippen molar-refractivity contribution in [2.45, 2.75) is 72.2 Å². The van der Waals surface area contributed by atoms with Gasteiger partial charge in [0, 0.05) is 36.5 Å². The number of ether oxygens (including phenoxy) is 1. The summed E-state index contributed by atoms with van der Waals surface area (Å²) in [7, 11) is 0. The number of aromatic nitrogens is 2. The average Bonchev–Trinajstić information content (AvgIpc) is 2.97. The lowest BCUT2D eigenvalue weighted by molar-refractivity contribution is 0.0803. The van der Waals surface area contributed by atoms with E-state index in [1.807, 2.05) is 0 Å². The van der Waals surface area contributed by atoms with Crippen LogP contribution in [0, 0.1) is 13.8 Å². The van der Waals surface area contributed by atoms with E-state index >= 15 is 0 Å². The second-order valence-electron chi connectivity index (χ2n) is 5.63. The van der Waals surface area contributed by atoms with Gasteiger partial charge in [0.05, 0.1) is 11.8 Å². The van der Waals surface area contributed by atoms with Gasteiger partial charge in [0.15, 0.2) is 0 Å². The highest BCUT2D eigenvalue weighted by atomic mass is 16.5. The van der Waals surface area contributed by atoms with E-state index in [-0.39, 0.29) is 0 Å². The fourth-order valence-corrected chi connectivity index (χ4v) is 3.23. The van der Waals surface area contributed by atoms with E-state index in [1.165, 1.54) is 24.1 Å². The molecule has 3 atom stereocenters. The first-order chi connectivity index (χ1) is 9.04. The highest BCUT2D eigenvalue weighted by Crippen LogP contribution is 2.24. The molecule has 108 valence electrons. The Balaban J connectivity index is 2.06. The van der Waals surface area contributed by atoms with Crippen LogP contribution in [0.3, 0.4) is 0 Å². The normalized spacial score (nSPS) is 22.7. The Bertz CT molecular complexity index is 421. The van der Waals surface area contributed by atoms with Crippen molar-refractivity contribution in [3.05, 3.63) is 17.0 Å². The summed E-state index contributed by atoms with van der Waals surface area (Å²) in [6.07, 6.45) is 2.73. The summed E-state index contributed by atoms with van der Waals surface area (Å²) >= 11 is 0. The minimum Gasteiger partial charge on any atom is -0.377 e. The van der Waals surface area contributed by atoms with Crippen molar-refractivity contribution >= 4 is 0 Å². The highest BCUT2D eigenvalue weighted by molar-refractivity contribution is 5.27. The topological polar surface area (TPSA) is 39.1 Å². The second-order valence-corrected chi connectivity index (χ2v) is 5.63. The summed E-state index contributed by atoms with van der Waals surface area (Å²) in [5, 5.41) is 8.28. The standard InChI is InChI=1S/C15H27N3O/c1-6-18-13(5)15(12(4)17-18)11(3)16-10(2)14-8-7-9-19-14/h10-11,14,16H,6-9H2,1-5H3. The van der Waals surface area contributed by atoms with Gasteiger partial charge in [-0.1, -0.05) is 0 Å². The Morgan fingerprint density at radius 1 is 1.42 bits per heavy atom. The largest absolute Gasteiger partial charge is 0.377 e. The molecule has 3 unspecified atom stereocenters. The maximum Gasteiger partial charge on any atom is 0.0726 e. The minimum atomic E-state index is 0.319. The molecule has 0 aliphatic carbocycles. The van der Waals surface area contributed by atoms with E-state index in [4.69, 9.17) is 4.74 Å². The third-order valence-corrected chi connectivity index (χ3v) is 4.21. The summed E-state index contributed by atoms with van der Waals surface area (Å²) in [4.78, 5) is 0. The van der Waals surface area contributed by atoms with E-state index in [1.54, 1.807) is 0 Å². The molecule has 1 saturated heterocycles. The smallest absolute Gasteiger partial charge is 0.0726 e. The number of nitrogens with one attached hydrogen (secondary N) is 1. The zero-order valence-corrected chi connectivity index (χ0v) is 12.9. The number of nitrogens with zero attached hydrogens (tertiary/aromatic N) is 2. The van der Waals surface area contributed by atoms with Crippen molar-refractivity contribution in [2.75, 3.05) is 6.61 Å². The Morgan fingerprint density at radius 3 is 2.68 bits per heavy atom. The van der Waals surface area contributed by atoms with Gasteiger partial charge in [-0.05, 0) is 47.5 Å². The fourth-order valence-electron chi connectivity index (χ4n) is 3.23. The maximum atomic E-state index is 5.76. The van der Waals surface area contributed by atoms with Crippen LogP contribution < -0.4 is 5.32 Å². The number of rotatable bonds is 5. The second kappa shape index (κ2) is 6.06. The number of aryl methyl sites for hydroxylation is 2. The monoisotopic (exact) mass is 265 g/mol. The van der Waals surface area contributed by atoms with Crippen molar-refractivity contribution in [3.8, 4) is 0 Å². The van der Waals surface area contributed by atoms with E-state index in [2.05, 4.69) is 49.7 Å². The Labute approximate surface area is 116 Å². The van der Waals surface area contributed by atoms with Crippen LogP contribution in [0.4, 0.5) is 0 Å². The SMILES string of the molecule is CCn1nc(C)c(C(C)NC(C)C2CCCO2)c1C. The van der Waals surface area contributed by atoms with E-state index < -0.39 is 0 Å². The van der Waals surface area contributed by atoms with Gasteiger partial charge in [-0.25, -0.2) is 0 Å². The summed E-state index contributed by atoms with van der Waals surface area (Å²) in [5.41, 5.74) is 3.75. The molecular formula is C15H27N3O. The lowest BCUT2D eigenvalue weighted by atomic mass is 10.0. The molecular weight excluding hydrogens is 238 g/mol. The van der Waals surface area contributed by atoms with Crippen molar-refractivity contribution in [2.24, 2.45) is 0 Å². The average molecular weight is 265 g/mol. The van der Waals surface area contributed by atoms with Gasteiger partial charge in [0.25, 0.3) is 0 Å². The molecule has 0 radical (unpaired) electrons. The molecule has 0 spiro atoms. The molecule has 19 heavy (non-hydrogen) atoms. The molecule has 4 nitrogen and oxygen atoms in total. The lowest BCUT2D eigenvalue weighted by Crippen LogP contribution is -2.38. The predicted octanol–water partition coefficient (Wildman–Crippen LogP) is 2.74. The van der Waals surface area contributed by atoms with E-state index in [9.17, 15) is 0 Å². The van der Waals surface area contributed by atoms with Gasteiger partial charge < -0.3 is 10.1 Å². The van der Waals surface area contributed by atoms with Crippen LogP contribution in [0.2, 0.25) is 0 Å². The molecule has 1 aliphatic heterocycles. The Morgan fingerprint density at radius 2 is 2.16 bits per heavy atom. The van der Waals surface area contributed by atoms with Crippen LogP contribution in [0.5, 0.6) is 0 Å². The van der Waals surface area contributed by atoms with Crippen molar-refractivity contribution < 1.29 is 4.74 Å². The number of hydrogen-bond acceptors (Lipinski definition) is 3. The van der Waals surface area contributed by atoms with Crippen LogP contribution in [0.15, 0.2) is 0 Å².